The molecule has 1 saturated heterocycles. The number of fused-ring (bicyclic) bond motifs is 1. The molecule has 28 heavy (non-hydrogen) atoms. The number of hydrogen-bond donors (Lipinski definition) is 2. The van der Waals surface area contributed by atoms with Crippen LogP contribution in [0.15, 0.2) is 18.6 Å². The van der Waals surface area contributed by atoms with Crippen LogP contribution in [-0.2, 0) is 4.74 Å². The van der Waals surface area contributed by atoms with Crippen LogP contribution in [0.3, 0.4) is 0 Å². The van der Waals surface area contributed by atoms with Gasteiger partial charge in [0.1, 0.15) is 5.69 Å². The maximum atomic E-state index is 14.6. The van der Waals surface area contributed by atoms with Gasteiger partial charge in [-0.2, -0.15) is 0 Å². The van der Waals surface area contributed by atoms with Crippen molar-refractivity contribution in [1.82, 2.24) is 15.0 Å². The third kappa shape index (κ3) is 3.47. The van der Waals surface area contributed by atoms with Gasteiger partial charge in [-0.3, -0.25) is 4.98 Å². The molecule has 3 aromatic heterocycles. The second-order valence-electron chi connectivity index (χ2n) is 7.39. The molecule has 4 heterocycles. The second-order valence-corrected chi connectivity index (χ2v) is 8.41. The first-order valence-corrected chi connectivity index (χ1v) is 10.2. The predicted molar refractivity (Wildman–Crippen MR) is 108 cm³/mol. The Bertz CT molecular complexity index is 1010. The lowest BCUT2D eigenvalue weighted by molar-refractivity contribution is -0.0136. The van der Waals surface area contributed by atoms with Crippen LogP contribution < -0.4 is 5.32 Å². The van der Waals surface area contributed by atoms with Crippen LogP contribution in [0, 0.1) is 12.7 Å². The zero-order valence-corrected chi connectivity index (χ0v) is 16.9. The predicted octanol–water partition coefficient (Wildman–Crippen LogP) is 3.89. The molecule has 6 nitrogen and oxygen atoms in total. The second kappa shape index (κ2) is 7.69. The van der Waals surface area contributed by atoms with Crippen LogP contribution in [0.4, 0.5) is 10.3 Å². The minimum atomic E-state index is -0.642. The van der Waals surface area contributed by atoms with E-state index in [-0.39, 0.29) is 18.3 Å². The average molecular weight is 402 g/mol. The van der Waals surface area contributed by atoms with E-state index in [4.69, 9.17) is 4.74 Å². The molecule has 0 bridgehead atoms. The Morgan fingerprint density at radius 3 is 2.89 bits per heavy atom. The topological polar surface area (TPSA) is 80.2 Å². The molecule has 1 aliphatic rings. The van der Waals surface area contributed by atoms with Gasteiger partial charge in [0.05, 0.1) is 29.8 Å². The summed E-state index contributed by atoms with van der Waals surface area (Å²) in [5.41, 5.74) is 2.38. The Morgan fingerprint density at radius 1 is 1.32 bits per heavy atom. The van der Waals surface area contributed by atoms with Crippen molar-refractivity contribution in [3.63, 3.8) is 0 Å². The van der Waals surface area contributed by atoms with Gasteiger partial charge in [0, 0.05) is 29.1 Å². The normalized spacial score (nSPS) is 20.1. The molecule has 0 radical (unpaired) electrons. The van der Waals surface area contributed by atoms with Crippen molar-refractivity contribution in [3.8, 4) is 10.6 Å². The van der Waals surface area contributed by atoms with Gasteiger partial charge in [0.25, 0.3) is 0 Å². The molecule has 4 rings (SSSR count). The van der Waals surface area contributed by atoms with Crippen molar-refractivity contribution >= 4 is 27.4 Å². The molecule has 0 spiro atoms. The Kier molecular flexibility index (Phi) is 5.27. The summed E-state index contributed by atoms with van der Waals surface area (Å²) in [5, 5.41) is 14.2. The fourth-order valence-electron chi connectivity index (χ4n) is 3.44. The third-order valence-corrected chi connectivity index (χ3v) is 6.46. The summed E-state index contributed by atoms with van der Waals surface area (Å²) in [4.78, 5) is 13.6. The number of halogens is 1. The monoisotopic (exact) mass is 402 g/mol. The minimum Gasteiger partial charge on any atom is -0.389 e. The lowest BCUT2D eigenvalue weighted by atomic mass is 10.0. The maximum absolute atomic E-state index is 14.6. The van der Waals surface area contributed by atoms with E-state index >= 15 is 0 Å². The third-order valence-electron chi connectivity index (χ3n) is 5.09. The largest absolute Gasteiger partial charge is 0.389 e. The van der Waals surface area contributed by atoms with Gasteiger partial charge in [-0.15, -0.1) is 11.3 Å². The first-order valence-electron chi connectivity index (χ1n) is 9.38. The van der Waals surface area contributed by atoms with Crippen molar-refractivity contribution in [2.24, 2.45) is 0 Å². The summed E-state index contributed by atoms with van der Waals surface area (Å²) >= 11 is 1.53. The molecular weight excluding hydrogens is 379 g/mol. The van der Waals surface area contributed by atoms with Gasteiger partial charge in [-0.25, -0.2) is 14.4 Å². The molecule has 2 atom stereocenters. The molecule has 8 heteroatoms. The number of thiophene rings is 1. The fraction of sp³-hybridized carbons (Fsp3) is 0.450. The number of aryl methyl sites for hydroxylation is 1. The smallest absolute Gasteiger partial charge is 0.223 e. The molecule has 0 unspecified atom stereocenters. The van der Waals surface area contributed by atoms with Crippen LogP contribution in [0.5, 0.6) is 0 Å². The van der Waals surface area contributed by atoms with Gasteiger partial charge in [-0.1, -0.05) is 13.8 Å². The van der Waals surface area contributed by atoms with Crippen molar-refractivity contribution in [2.45, 2.75) is 45.3 Å². The van der Waals surface area contributed by atoms with Crippen LogP contribution in [0.2, 0.25) is 0 Å². The number of rotatable bonds is 4. The highest BCUT2D eigenvalue weighted by atomic mass is 32.1. The molecule has 0 aromatic carbocycles. The minimum absolute atomic E-state index is 0.215. The molecule has 2 N–H and O–H groups in total. The molecule has 1 aliphatic heterocycles. The molecule has 3 aromatic rings. The van der Waals surface area contributed by atoms with Crippen molar-refractivity contribution in [3.05, 3.63) is 35.5 Å². The highest BCUT2D eigenvalue weighted by Crippen LogP contribution is 2.41. The number of nitrogens with zero attached hydrogens (tertiary/aromatic N) is 3. The lowest BCUT2D eigenvalue weighted by Gasteiger charge is -2.28. The number of nitrogens with one attached hydrogen (secondary N) is 1. The number of aliphatic hydroxyl groups excluding tert-OH is 1. The van der Waals surface area contributed by atoms with Crippen molar-refractivity contribution < 1.29 is 14.2 Å². The van der Waals surface area contributed by atoms with E-state index in [0.717, 1.165) is 26.1 Å². The van der Waals surface area contributed by atoms with E-state index in [1.165, 1.54) is 17.5 Å². The van der Waals surface area contributed by atoms with Gasteiger partial charge in [0.15, 0.2) is 5.82 Å². The van der Waals surface area contributed by atoms with E-state index in [0.29, 0.717) is 24.9 Å². The summed E-state index contributed by atoms with van der Waals surface area (Å²) in [7, 11) is 0. The van der Waals surface area contributed by atoms with Gasteiger partial charge in [0.2, 0.25) is 5.95 Å². The quantitative estimate of drug-likeness (QED) is 0.689. The number of pyridine rings is 1. The Morgan fingerprint density at radius 2 is 2.14 bits per heavy atom. The van der Waals surface area contributed by atoms with Crippen LogP contribution in [-0.4, -0.2) is 45.4 Å². The number of ether oxygens (including phenoxy) is 1. The fourth-order valence-corrected chi connectivity index (χ4v) is 4.87. The van der Waals surface area contributed by atoms with E-state index < -0.39 is 11.9 Å². The summed E-state index contributed by atoms with van der Waals surface area (Å²) < 4.78 is 21.0. The van der Waals surface area contributed by atoms with Gasteiger partial charge >= 0.3 is 0 Å². The van der Waals surface area contributed by atoms with E-state index in [1.54, 1.807) is 0 Å². The SMILES string of the molecule is Cc1c(-c2nc(N[C@@H]3CCOC[C@H]3O)ncc2F)sc2c(C(C)C)cncc12. The standard InChI is InChI=1S/C20H23FN4O2S/c1-10(2)12-6-22-7-13-11(3)18(28-19(12)13)17-14(21)8-23-20(25-17)24-15-4-5-27-9-16(15)26/h6-8,10,15-16,26H,4-5,9H2,1-3H3,(H,23,24,25)/t15-,16-/m1/s1. The average Bonchev–Trinajstić information content (AvgIpc) is 3.01. The molecular formula is C20H23FN4O2S. The summed E-state index contributed by atoms with van der Waals surface area (Å²) in [5.74, 6) is 0.165. The van der Waals surface area contributed by atoms with Crippen LogP contribution in [0.1, 0.15) is 37.3 Å². The zero-order valence-electron chi connectivity index (χ0n) is 16.1. The molecule has 0 saturated carbocycles. The first kappa shape index (κ1) is 19.2. The maximum Gasteiger partial charge on any atom is 0.223 e. The highest BCUT2D eigenvalue weighted by molar-refractivity contribution is 7.22. The first-order chi connectivity index (χ1) is 13.5. The number of anilines is 1. The Hall–Kier alpha value is -2.16. The number of aliphatic hydroxyl groups is 1. The lowest BCUT2D eigenvalue weighted by Crippen LogP contribution is -2.42. The number of aromatic nitrogens is 3. The van der Waals surface area contributed by atoms with Crippen molar-refractivity contribution in [2.75, 3.05) is 18.5 Å². The number of hydrogen-bond acceptors (Lipinski definition) is 7. The zero-order chi connectivity index (χ0) is 19.8. The molecule has 1 fully saturated rings. The van der Waals surface area contributed by atoms with Crippen LogP contribution in [0.25, 0.3) is 20.7 Å². The highest BCUT2D eigenvalue weighted by Gasteiger charge is 2.25. The Labute approximate surface area is 166 Å². The molecule has 0 aliphatic carbocycles. The van der Waals surface area contributed by atoms with Crippen LogP contribution >= 0.6 is 11.3 Å². The Balaban J connectivity index is 1.75. The van der Waals surface area contributed by atoms with E-state index in [9.17, 15) is 9.50 Å². The van der Waals surface area contributed by atoms with E-state index in [1.807, 2.05) is 19.3 Å². The van der Waals surface area contributed by atoms with Crippen molar-refractivity contribution in [1.29, 1.82) is 0 Å². The van der Waals surface area contributed by atoms with E-state index in [2.05, 4.69) is 34.1 Å². The summed E-state index contributed by atoms with van der Waals surface area (Å²) in [6.07, 6.45) is 4.89. The summed E-state index contributed by atoms with van der Waals surface area (Å²) in [6.45, 7) is 7.04. The van der Waals surface area contributed by atoms with Gasteiger partial charge < -0.3 is 15.2 Å². The van der Waals surface area contributed by atoms with Gasteiger partial charge in [-0.05, 0) is 30.4 Å². The molecule has 148 valence electrons. The molecule has 0 amide bonds. The summed E-state index contributed by atoms with van der Waals surface area (Å²) in [6, 6.07) is -0.215.